The summed E-state index contributed by atoms with van der Waals surface area (Å²) in [6.45, 7) is 3.80. The molecule has 0 bridgehead atoms. The van der Waals surface area contributed by atoms with Crippen LogP contribution in [0.1, 0.15) is 39.5 Å². The molecule has 0 heterocycles. The molecular weight excluding hydrogens is 312 g/mol. The Bertz CT molecular complexity index is 860. The van der Waals surface area contributed by atoms with Gasteiger partial charge in [0.2, 0.25) is 0 Å². The van der Waals surface area contributed by atoms with Crippen LogP contribution in [0.25, 0.3) is 0 Å². The van der Waals surface area contributed by atoms with Crippen LogP contribution >= 0.6 is 0 Å². The van der Waals surface area contributed by atoms with Crippen LogP contribution in [0.2, 0.25) is 0 Å². The van der Waals surface area contributed by atoms with E-state index in [1.807, 2.05) is 66.7 Å². The van der Waals surface area contributed by atoms with Crippen LogP contribution in [-0.2, 0) is 5.41 Å². The van der Waals surface area contributed by atoms with Gasteiger partial charge in [-0.05, 0) is 42.2 Å². The normalized spacial score (nSPS) is 11.3. The summed E-state index contributed by atoms with van der Waals surface area (Å²) in [7, 11) is 0. The Labute approximate surface area is 147 Å². The Morgan fingerprint density at radius 3 is 1.76 bits per heavy atom. The first kappa shape index (κ1) is 16.8. The summed E-state index contributed by atoms with van der Waals surface area (Å²) >= 11 is 0. The second-order valence-electron chi connectivity index (χ2n) is 6.35. The highest BCUT2D eigenvalue weighted by atomic mass is 16.4. The van der Waals surface area contributed by atoms with Crippen LogP contribution in [-0.4, -0.2) is 16.2 Å². The van der Waals surface area contributed by atoms with E-state index in [4.69, 9.17) is 0 Å². The van der Waals surface area contributed by atoms with Gasteiger partial charge in [0.1, 0.15) is 11.3 Å². The number of hydrogen-bond acceptors (Lipinski definition) is 2. The van der Waals surface area contributed by atoms with Crippen molar-refractivity contribution in [1.29, 1.82) is 0 Å². The number of hydrogen-bond donors (Lipinski definition) is 2. The molecule has 3 heteroatoms. The zero-order valence-electron chi connectivity index (χ0n) is 14.2. The molecule has 126 valence electrons. The van der Waals surface area contributed by atoms with Crippen molar-refractivity contribution in [1.82, 2.24) is 0 Å². The summed E-state index contributed by atoms with van der Waals surface area (Å²) in [5, 5.41) is 19.6. The van der Waals surface area contributed by atoms with Gasteiger partial charge >= 0.3 is 5.97 Å². The average Bonchev–Trinajstić information content (AvgIpc) is 2.64. The van der Waals surface area contributed by atoms with Gasteiger partial charge in [0, 0.05) is 5.41 Å². The first-order valence-electron chi connectivity index (χ1n) is 8.13. The van der Waals surface area contributed by atoms with E-state index in [2.05, 4.69) is 6.92 Å². The smallest absolute Gasteiger partial charge is 0.339 e. The molecule has 0 amide bonds. The summed E-state index contributed by atoms with van der Waals surface area (Å²) in [6.07, 6.45) is 0. The summed E-state index contributed by atoms with van der Waals surface area (Å²) in [4.78, 5) is 11.6. The maximum Gasteiger partial charge on any atom is 0.339 e. The molecule has 0 atom stereocenters. The van der Waals surface area contributed by atoms with Gasteiger partial charge in [0.25, 0.3) is 0 Å². The fraction of sp³-hybridized carbons (Fsp3) is 0.136. The van der Waals surface area contributed by atoms with Crippen molar-refractivity contribution < 1.29 is 15.0 Å². The number of benzene rings is 3. The van der Waals surface area contributed by atoms with E-state index in [9.17, 15) is 15.0 Å². The van der Waals surface area contributed by atoms with E-state index in [-0.39, 0.29) is 11.3 Å². The molecule has 0 aliphatic rings. The molecule has 0 saturated heterocycles. The zero-order chi connectivity index (χ0) is 18.0. The van der Waals surface area contributed by atoms with Crippen molar-refractivity contribution in [2.45, 2.75) is 19.3 Å². The Morgan fingerprint density at radius 2 is 1.32 bits per heavy atom. The fourth-order valence-electron chi connectivity index (χ4n) is 3.27. The molecule has 0 spiro atoms. The number of aromatic hydroxyl groups is 1. The molecule has 0 aliphatic heterocycles. The first-order chi connectivity index (χ1) is 11.9. The van der Waals surface area contributed by atoms with Gasteiger partial charge in [0.15, 0.2) is 0 Å². The van der Waals surface area contributed by atoms with Gasteiger partial charge in [-0.2, -0.15) is 0 Å². The van der Waals surface area contributed by atoms with Gasteiger partial charge < -0.3 is 10.2 Å². The number of carboxylic acids is 1. The SMILES string of the molecule is Cc1cc(C(C)(c2ccccc2)c2ccccc2)cc(C(=O)O)c1O. The van der Waals surface area contributed by atoms with Crippen LogP contribution in [0, 0.1) is 6.92 Å². The first-order valence-corrected chi connectivity index (χ1v) is 8.13. The largest absolute Gasteiger partial charge is 0.507 e. The molecular formula is C22H20O3. The lowest BCUT2D eigenvalue weighted by Crippen LogP contribution is -2.26. The number of rotatable bonds is 4. The molecule has 0 aliphatic carbocycles. The fourth-order valence-corrected chi connectivity index (χ4v) is 3.27. The Morgan fingerprint density at radius 1 is 0.840 bits per heavy atom. The number of phenols is 1. The molecule has 3 nitrogen and oxygen atoms in total. The molecule has 3 aromatic rings. The Kier molecular flexibility index (Phi) is 4.32. The van der Waals surface area contributed by atoms with E-state index in [0.717, 1.165) is 16.7 Å². The molecule has 0 unspecified atom stereocenters. The van der Waals surface area contributed by atoms with Crippen molar-refractivity contribution in [2.24, 2.45) is 0 Å². The van der Waals surface area contributed by atoms with E-state index >= 15 is 0 Å². The van der Waals surface area contributed by atoms with Gasteiger partial charge in [-0.1, -0.05) is 66.7 Å². The van der Waals surface area contributed by atoms with Crippen LogP contribution in [0.3, 0.4) is 0 Å². The Balaban J connectivity index is 2.33. The summed E-state index contributed by atoms with van der Waals surface area (Å²) in [5.41, 5.74) is 2.88. The van der Waals surface area contributed by atoms with Gasteiger partial charge in [-0.3, -0.25) is 0 Å². The van der Waals surface area contributed by atoms with Crippen molar-refractivity contribution in [3.05, 3.63) is 101 Å². The molecule has 3 rings (SSSR count). The van der Waals surface area contributed by atoms with Gasteiger partial charge in [0.05, 0.1) is 0 Å². The maximum absolute atomic E-state index is 11.6. The number of carbonyl (C=O) groups is 1. The van der Waals surface area contributed by atoms with E-state index in [0.29, 0.717) is 5.56 Å². The predicted octanol–water partition coefficient (Wildman–Crippen LogP) is 4.75. The second kappa shape index (κ2) is 6.44. The minimum Gasteiger partial charge on any atom is -0.507 e. The molecule has 0 fully saturated rings. The molecule has 0 aromatic heterocycles. The topological polar surface area (TPSA) is 57.5 Å². The molecule has 2 N–H and O–H groups in total. The van der Waals surface area contributed by atoms with Crippen LogP contribution in [0.5, 0.6) is 5.75 Å². The number of aryl methyl sites for hydroxylation is 1. The van der Waals surface area contributed by atoms with Crippen molar-refractivity contribution in [2.75, 3.05) is 0 Å². The van der Waals surface area contributed by atoms with Crippen LogP contribution in [0.15, 0.2) is 72.8 Å². The third kappa shape index (κ3) is 2.89. The minimum absolute atomic E-state index is 0.0758. The molecule has 0 radical (unpaired) electrons. The lowest BCUT2D eigenvalue weighted by Gasteiger charge is -2.32. The molecule has 0 saturated carbocycles. The quantitative estimate of drug-likeness (QED) is 0.678. The van der Waals surface area contributed by atoms with Crippen molar-refractivity contribution in [3.63, 3.8) is 0 Å². The molecule has 25 heavy (non-hydrogen) atoms. The standard InChI is InChI=1S/C22H20O3/c1-15-13-18(14-19(20(15)23)21(24)25)22(2,16-9-5-3-6-10-16)17-11-7-4-8-12-17/h3-14,23H,1-2H3,(H,24,25). The van der Waals surface area contributed by atoms with Crippen molar-refractivity contribution in [3.8, 4) is 5.75 Å². The highest BCUT2D eigenvalue weighted by Gasteiger charge is 2.32. The molecule has 3 aromatic carbocycles. The third-order valence-corrected chi connectivity index (χ3v) is 4.81. The van der Waals surface area contributed by atoms with E-state index in [1.54, 1.807) is 13.0 Å². The number of aromatic carboxylic acids is 1. The number of carboxylic acid groups (broad SMARTS) is 1. The lowest BCUT2D eigenvalue weighted by atomic mass is 9.70. The van der Waals surface area contributed by atoms with Crippen LogP contribution in [0.4, 0.5) is 0 Å². The summed E-state index contributed by atoms with van der Waals surface area (Å²) < 4.78 is 0. The van der Waals surface area contributed by atoms with Gasteiger partial charge in [-0.25, -0.2) is 4.79 Å². The predicted molar refractivity (Wildman–Crippen MR) is 98.2 cm³/mol. The monoisotopic (exact) mass is 332 g/mol. The van der Waals surface area contributed by atoms with E-state index in [1.165, 1.54) is 0 Å². The van der Waals surface area contributed by atoms with Crippen molar-refractivity contribution >= 4 is 5.97 Å². The maximum atomic E-state index is 11.6. The Hall–Kier alpha value is -3.07. The van der Waals surface area contributed by atoms with E-state index < -0.39 is 11.4 Å². The summed E-state index contributed by atoms with van der Waals surface area (Å²) in [5.74, 6) is -1.31. The average molecular weight is 332 g/mol. The highest BCUT2D eigenvalue weighted by Crippen LogP contribution is 2.41. The van der Waals surface area contributed by atoms with Crippen LogP contribution < -0.4 is 0 Å². The highest BCUT2D eigenvalue weighted by molar-refractivity contribution is 5.91. The lowest BCUT2D eigenvalue weighted by molar-refractivity contribution is 0.0693. The summed E-state index contributed by atoms with van der Waals surface area (Å²) in [6, 6.07) is 23.4. The minimum atomic E-state index is -1.13. The zero-order valence-corrected chi connectivity index (χ0v) is 14.2. The third-order valence-electron chi connectivity index (χ3n) is 4.81. The van der Waals surface area contributed by atoms with Gasteiger partial charge in [-0.15, -0.1) is 0 Å². The second-order valence-corrected chi connectivity index (χ2v) is 6.35.